The molecular weight excluding hydrogens is 416 g/mol. The van der Waals surface area contributed by atoms with E-state index in [1.807, 2.05) is 19.1 Å². The van der Waals surface area contributed by atoms with E-state index < -0.39 is 0 Å². The molecule has 0 saturated carbocycles. The summed E-state index contributed by atoms with van der Waals surface area (Å²) < 4.78 is 5.63. The van der Waals surface area contributed by atoms with Crippen molar-refractivity contribution in [1.82, 2.24) is 10.6 Å². The maximum atomic E-state index is 12.8. The first-order valence-corrected chi connectivity index (χ1v) is 10.6. The lowest BCUT2D eigenvalue weighted by atomic mass is 10.1. The van der Waals surface area contributed by atoms with Crippen molar-refractivity contribution in [3.05, 3.63) is 64.2 Å². The topological polar surface area (TPSA) is 91.8 Å². The highest BCUT2D eigenvalue weighted by Gasteiger charge is 2.16. The van der Waals surface area contributed by atoms with Crippen LogP contribution < -0.4 is 16.0 Å². The molecular formula is C23H27ClN4O3. The van der Waals surface area contributed by atoms with E-state index in [2.05, 4.69) is 20.9 Å². The zero-order valence-corrected chi connectivity index (χ0v) is 18.5. The van der Waals surface area contributed by atoms with Crippen LogP contribution in [0.25, 0.3) is 0 Å². The van der Waals surface area contributed by atoms with E-state index in [9.17, 15) is 9.59 Å². The third-order valence-corrected chi connectivity index (χ3v) is 5.31. The average Bonchev–Trinajstić information content (AvgIpc) is 3.27. The van der Waals surface area contributed by atoms with Gasteiger partial charge in [0.25, 0.3) is 5.91 Å². The number of hydrogen-bond donors (Lipinski definition) is 3. The van der Waals surface area contributed by atoms with Crippen LogP contribution in [0.3, 0.4) is 0 Å². The van der Waals surface area contributed by atoms with Crippen LogP contribution in [-0.2, 0) is 16.1 Å². The molecule has 8 heteroatoms. The minimum atomic E-state index is -0.289. The van der Waals surface area contributed by atoms with E-state index in [0.29, 0.717) is 29.6 Å². The Bertz CT molecular complexity index is 954. The fourth-order valence-corrected chi connectivity index (χ4v) is 3.26. The van der Waals surface area contributed by atoms with Gasteiger partial charge in [0.1, 0.15) is 0 Å². The summed E-state index contributed by atoms with van der Waals surface area (Å²) in [7, 11) is 0. The molecule has 0 spiro atoms. The molecule has 31 heavy (non-hydrogen) atoms. The van der Waals surface area contributed by atoms with Gasteiger partial charge in [0.15, 0.2) is 0 Å². The highest BCUT2D eigenvalue weighted by molar-refractivity contribution is 6.31. The van der Waals surface area contributed by atoms with E-state index in [1.165, 1.54) is 6.92 Å². The minimum absolute atomic E-state index is 0.0587. The Morgan fingerprint density at radius 3 is 2.61 bits per heavy atom. The highest BCUT2D eigenvalue weighted by atomic mass is 35.5. The van der Waals surface area contributed by atoms with Gasteiger partial charge in [-0.3, -0.25) is 14.9 Å². The smallest absolute Gasteiger partial charge is 0.257 e. The summed E-state index contributed by atoms with van der Waals surface area (Å²) in [5, 5.41) is 9.35. The molecule has 0 aromatic heterocycles. The Labute approximate surface area is 187 Å². The second-order valence-electron chi connectivity index (χ2n) is 7.47. The largest absolute Gasteiger partial charge is 0.376 e. The number of carbonyl (C=O) groups is 2. The van der Waals surface area contributed by atoms with Crippen molar-refractivity contribution in [1.29, 1.82) is 0 Å². The third-order valence-electron chi connectivity index (χ3n) is 4.90. The zero-order chi connectivity index (χ0) is 22.2. The van der Waals surface area contributed by atoms with Crippen LogP contribution in [0.2, 0.25) is 5.02 Å². The van der Waals surface area contributed by atoms with Crippen molar-refractivity contribution in [2.45, 2.75) is 39.3 Å². The fraction of sp³-hybridized carbons (Fsp3) is 0.348. The van der Waals surface area contributed by atoms with Gasteiger partial charge in [-0.2, -0.15) is 0 Å². The van der Waals surface area contributed by atoms with E-state index >= 15 is 0 Å². The second-order valence-corrected chi connectivity index (χ2v) is 7.88. The Kier molecular flexibility index (Phi) is 8.03. The molecule has 2 amide bonds. The van der Waals surface area contributed by atoms with Crippen molar-refractivity contribution in [3.63, 3.8) is 0 Å². The molecule has 1 heterocycles. The number of halogens is 1. The van der Waals surface area contributed by atoms with E-state index in [1.54, 1.807) is 30.3 Å². The second kappa shape index (κ2) is 10.9. The number of amides is 2. The Morgan fingerprint density at radius 1 is 1.19 bits per heavy atom. The molecule has 2 aromatic carbocycles. The summed E-state index contributed by atoms with van der Waals surface area (Å²) in [6.45, 7) is 5.01. The van der Waals surface area contributed by atoms with Gasteiger partial charge in [-0.05, 0) is 55.2 Å². The van der Waals surface area contributed by atoms with Crippen LogP contribution in [0.15, 0.2) is 47.5 Å². The molecule has 1 atom stereocenters. The quantitative estimate of drug-likeness (QED) is 0.470. The van der Waals surface area contributed by atoms with Crippen LogP contribution in [0.5, 0.6) is 0 Å². The maximum Gasteiger partial charge on any atom is 0.257 e. The van der Waals surface area contributed by atoms with Gasteiger partial charge in [0.2, 0.25) is 11.9 Å². The predicted octanol–water partition coefficient (Wildman–Crippen LogP) is 3.66. The molecule has 1 aliphatic rings. The number of aryl methyl sites for hydroxylation is 1. The van der Waals surface area contributed by atoms with Gasteiger partial charge < -0.3 is 15.4 Å². The summed E-state index contributed by atoms with van der Waals surface area (Å²) in [4.78, 5) is 28.4. The number of rotatable bonds is 6. The summed E-state index contributed by atoms with van der Waals surface area (Å²) in [6.07, 6.45) is 2.04. The number of nitrogens with one attached hydrogen (secondary N) is 3. The molecule has 3 rings (SSSR count). The van der Waals surface area contributed by atoms with Crippen molar-refractivity contribution in [2.24, 2.45) is 4.99 Å². The number of carbonyl (C=O) groups excluding carboxylic acids is 2. The number of aliphatic imine (C=N–C) groups is 1. The summed E-state index contributed by atoms with van der Waals surface area (Å²) in [6, 6.07) is 12.6. The van der Waals surface area contributed by atoms with Gasteiger partial charge in [0, 0.05) is 36.3 Å². The number of hydrogen-bond acceptors (Lipinski definition) is 4. The molecule has 0 radical (unpaired) electrons. The van der Waals surface area contributed by atoms with Gasteiger partial charge in [-0.1, -0.05) is 29.8 Å². The number of nitrogens with zero attached hydrogens (tertiary/aromatic N) is 1. The first-order chi connectivity index (χ1) is 14.9. The third kappa shape index (κ3) is 7.08. The first-order valence-electron chi connectivity index (χ1n) is 10.2. The van der Waals surface area contributed by atoms with Gasteiger partial charge >= 0.3 is 0 Å². The molecule has 0 bridgehead atoms. The van der Waals surface area contributed by atoms with Crippen molar-refractivity contribution in [3.8, 4) is 0 Å². The zero-order valence-electron chi connectivity index (χ0n) is 17.7. The fourth-order valence-electron chi connectivity index (χ4n) is 3.08. The predicted molar refractivity (Wildman–Crippen MR) is 123 cm³/mol. The highest BCUT2D eigenvalue weighted by Crippen LogP contribution is 2.20. The molecule has 1 unspecified atom stereocenters. The minimum Gasteiger partial charge on any atom is -0.376 e. The van der Waals surface area contributed by atoms with E-state index in [-0.39, 0.29) is 17.9 Å². The van der Waals surface area contributed by atoms with Crippen LogP contribution in [0, 0.1) is 6.92 Å². The number of anilines is 1. The van der Waals surface area contributed by atoms with E-state index in [4.69, 9.17) is 16.3 Å². The summed E-state index contributed by atoms with van der Waals surface area (Å²) >= 11 is 6.23. The molecule has 7 nitrogen and oxygen atoms in total. The molecule has 1 aliphatic heterocycles. The van der Waals surface area contributed by atoms with Crippen molar-refractivity contribution < 1.29 is 14.3 Å². The van der Waals surface area contributed by atoms with Crippen LogP contribution in [0.4, 0.5) is 5.69 Å². The Hall–Kier alpha value is -2.90. The number of benzene rings is 2. The SMILES string of the molecule is CC(=O)NCc1ccc(C(=O)NC(=NCC2CCCO2)Nc2ccc(C)c(Cl)c2)cc1. The van der Waals surface area contributed by atoms with E-state index in [0.717, 1.165) is 36.3 Å². The standard InChI is InChI=1S/C23H27ClN4O3/c1-15-5-10-19(12-21(15)24)27-23(26-14-20-4-3-11-31-20)28-22(30)18-8-6-17(7-9-18)13-25-16(2)29/h5-10,12,20H,3-4,11,13-14H2,1-2H3,(H,25,29)(H2,26,27,28,30). The van der Waals surface area contributed by atoms with Gasteiger partial charge in [-0.15, -0.1) is 0 Å². The van der Waals surface area contributed by atoms with Crippen molar-refractivity contribution in [2.75, 3.05) is 18.5 Å². The molecule has 2 aromatic rings. The van der Waals surface area contributed by atoms with Crippen LogP contribution >= 0.6 is 11.6 Å². The van der Waals surface area contributed by atoms with Crippen molar-refractivity contribution >= 4 is 35.1 Å². The Morgan fingerprint density at radius 2 is 1.97 bits per heavy atom. The maximum absolute atomic E-state index is 12.8. The van der Waals surface area contributed by atoms with Gasteiger partial charge in [0.05, 0.1) is 12.6 Å². The van der Waals surface area contributed by atoms with Crippen LogP contribution in [0.1, 0.15) is 41.3 Å². The van der Waals surface area contributed by atoms with Gasteiger partial charge in [-0.25, -0.2) is 4.99 Å². The monoisotopic (exact) mass is 442 g/mol. The Balaban J connectivity index is 1.70. The summed E-state index contributed by atoms with van der Waals surface area (Å²) in [5.74, 6) is -0.0539. The molecule has 0 aliphatic carbocycles. The first kappa shape index (κ1) is 22.8. The number of guanidine groups is 1. The molecule has 164 valence electrons. The summed E-state index contributed by atoms with van der Waals surface area (Å²) in [5.41, 5.74) is 3.09. The molecule has 3 N–H and O–H groups in total. The lowest BCUT2D eigenvalue weighted by Gasteiger charge is -2.14. The molecule has 1 fully saturated rings. The number of ether oxygens (including phenoxy) is 1. The normalized spacial score (nSPS) is 16.1. The lowest BCUT2D eigenvalue weighted by molar-refractivity contribution is -0.119. The lowest BCUT2D eigenvalue weighted by Crippen LogP contribution is -2.36. The van der Waals surface area contributed by atoms with Crippen LogP contribution in [-0.4, -0.2) is 37.0 Å². The molecule has 1 saturated heterocycles. The average molecular weight is 443 g/mol.